The van der Waals surface area contributed by atoms with Crippen LogP contribution in [0.3, 0.4) is 0 Å². The lowest BCUT2D eigenvalue weighted by molar-refractivity contribution is -0.121. The van der Waals surface area contributed by atoms with Crippen molar-refractivity contribution in [1.82, 2.24) is 5.32 Å². The van der Waals surface area contributed by atoms with Crippen LogP contribution in [0.15, 0.2) is 42.5 Å². The molecule has 1 N–H and O–H groups in total. The monoisotopic (exact) mass is 313 g/mol. The molecule has 0 atom stereocenters. The summed E-state index contributed by atoms with van der Waals surface area (Å²) < 4.78 is 10.5. The highest BCUT2D eigenvalue weighted by molar-refractivity contribution is 5.76. The van der Waals surface area contributed by atoms with Gasteiger partial charge in [-0.05, 0) is 42.2 Å². The number of carbonyl (C=O) groups excluding carboxylic acids is 1. The number of rotatable bonds is 7. The molecule has 2 aromatic rings. The standard InChI is InChI=1S/C19H23NO3/c1-14-6-4-5-7-16(14)9-11-19(21)20-13-15-8-10-17(22-2)18(12-15)23-3/h4-8,10,12H,9,11,13H2,1-3H3,(H,20,21). The predicted molar refractivity (Wildman–Crippen MR) is 90.9 cm³/mol. The Morgan fingerprint density at radius 1 is 1.04 bits per heavy atom. The smallest absolute Gasteiger partial charge is 0.220 e. The van der Waals surface area contributed by atoms with E-state index in [9.17, 15) is 4.79 Å². The van der Waals surface area contributed by atoms with Gasteiger partial charge in [-0.15, -0.1) is 0 Å². The molecular formula is C19H23NO3. The first-order valence-corrected chi connectivity index (χ1v) is 7.66. The molecule has 23 heavy (non-hydrogen) atoms. The van der Waals surface area contributed by atoms with E-state index in [0.717, 1.165) is 12.0 Å². The van der Waals surface area contributed by atoms with E-state index in [1.807, 2.05) is 30.3 Å². The predicted octanol–water partition coefficient (Wildman–Crippen LogP) is 3.26. The zero-order chi connectivity index (χ0) is 16.7. The molecular weight excluding hydrogens is 290 g/mol. The fourth-order valence-corrected chi connectivity index (χ4v) is 2.42. The summed E-state index contributed by atoms with van der Waals surface area (Å²) in [5, 5.41) is 2.94. The highest BCUT2D eigenvalue weighted by atomic mass is 16.5. The fourth-order valence-electron chi connectivity index (χ4n) is 2.42. The first-order valence-electron chi connectivity index (χ1n) is 7.66. The van der Waals surface area contributed by atoms with Crippen molar-refractivity contribution in [1.29, 1.82) is 0 Å². The van der Waals surface area contributed by atoms with Crippen LogP contribution in [0.4, 0.5) is 0 Å². The lowest BCUT2D eigenvalue weighted by Crippen LogP contribution is -2.23. The third kappa shape index (κ3) is 4.74. The highest BCUT2D eigenvalue weighted by Gasteiger charge is 2.07. The van der Waals surface area contributed by atoms with Crippen LogP contribution in [0.25, 0.3) is 0 Å². The summed E-state index contributed by atoms with van der Waals surface area (Å²) in [6.45, 7) is 2.55. The van der Waals surface area contributed by atoms with Gasteiger partial charge in [-0.1, -0.05) is 30.3 Å². The van der Waals surface area contributed by atoms with E-state index in [0.29, 0.717) is 24.5 Å². The summed E-state index contributed by atoms with van der Waals surface area (Å²) >= 11 is 0. The van der Waals surface area contributed by atoms with Crippen molar-refractivity contribution < 1.29 is 14.3 Å². The number of hydrogen-bond donors (Lipinski definition) is 1. The number of carbonyl (C=O) groups is 1. The van der Waals surface area contributed by atoms with Crippen molar-refractivity contribution in [2.75, 3.05) is 14.2 Å². The first-order chi connectivity index (χ1) is 11.1. The molecule has 0 bridgehead atoms. The van der Waals surface area contributed by atoms with Crippen molar-refractivity contribution >= 4 is 5.91 Å². The molecule has 0 radical (unpaired) electrons. The maximum Gasteiger partial charge on any atom is 0.220 e. The van der Waals surface area contributed by atoms with Crippen molar-refractivity contribution in [3.05, 3.63) is 59.2 Å². The summed E-state index contributed by atoms with van der Waals surface area (Å²) in [6, 6.07) is 13.8. The summed E-state index contributed by atoms with van der Waals surface area (Å²) in [5.74, 6) is 1.39. The van der Waals surface area contributed by atoms with Gasteiger partial charge in [0, 0.05) is 13.0 Å². The van der Waals surface area contributed by atoms with Gasteiger partial charge in [-0.3, -0.25) is 4.79 Å². The Balaban J connectivity index is 1.86. The minimum absolute atomic E-state index is 0.0445. The molecule has 0 aliphatic carbocycles. The Morgan fingerprint density at radius 3 is 2.48 bits per heavy atom. The Bertz CT molecular complexity index is 667. The molecule has 4 nitrogen and oxygen atoms in total. The molecule has 2 rings (SSSR count). The average molecular weight is 313 g/mol. The largest absolute Gasteiger partial charge is 0.493 e. The summed E-state index contributed by atoms with van der Waals surface area (Å²) in [5.41, 5.74) is 3.42. The van der Waals surface area contributed by atoms with E-state index in [-0.39, 0.29) is 5.91 Å². The van der Waals surface area contributed by atoms with E-state index in [1.165, 1.54) is 11.1 Å². The summed E-state index contributed by atoms with van der Waals surface area (Å²) in [4.78, 5) is 12.0. The molecule has 0 fully saturated rings. The zero-order valence-corrected chi connectivity index (χ0v) is 13.9. The van der Waals surface area contributed by atoms with Gasteiger partial charge in [0.2, 0.25) is 5.91 Å². The van der Waals surface area contributed by atoms with Crippen LogP contribution < -0.4 is 14.8 Å². The van der Waals surface area contributed by atoms with Gasteiger partial charge >= 0.3 is 0 Å². The topological polar surface area (TPSA) is 47.6 Å². The third-order valence-corrected chi connectivity index (χ3v) is 3.82. The van der Waals surface area contributed by atoms with Crippen molar-refractivity contribution in [3.63, 3.8) is 0 Å². The molecule has 0 spiro atoms. The SMILES string of the molecule is COc1ccc(CNC(=O)CCc2ccccc2C)cc1OC. The molecule has 0 heterocycles. The number of aryl methyl sites for hydroxylation is 2. The van der Waals surface area contributed by atoms with Crippen molar-refractivity contribution in [2.45, 2.75) is 26.3 Å². The van der Waals surface area contributed by atoms with Gasteiger partial charge < -0.3 is 14.8 Å². The highest BCUT2D eigenvalue weighted by Crippen LogP contribution is 2.27. The van der Waals surface area contributed by atoms with Crippen LogP contribution in [0.5, 0.6) is 11.5 Å². The van der Waals surface area contributed by atoms with Gasteiger partial charge in [0.1, 0.15) is 0 Å². The number of methoxy groups -OCH3 is 2. The zero-order valence-electron chi connectivity index (χ0n) is 13.9. The maximum absolute atomic E-state index is 12.0. The molecule has 1 amide bonds. The van der Waals surface area contributed by atoms with Crippen LogP contribution in [0.2, 0.25) is 0 Å². The van der Waals surface area contributed by atoms with E-state index >= 15 is 0 Å². The molecule has 0 aliphatic heterocycles. The normalized spacial score (nSPS) is 10.2. The Morgan fingerprint density at radius 2 is 1.78 bits per heavy atom. The van der Waals surface area contributed by atoms with Gasteiger partial charge in [-0.25, -0.2) is 0 Å². The van der Waals surface area contributed by atoms with E-state index in [2.05, 4.69) is 24.4 Å². The van der Waals surface area contributed by atoms with Gasteiger partial charge in [0.05, 0.1) is 14.2 Å². The van der Waals surface area contributed by atoms with E-state index < -0.39 is 0 Å². The quantitative estimate of drug-likeness (QED) is 0.853. The van der Waals surface area contributed by atoms with Gasteiger partial charge in [0.15, 0.2) is 11.5 Å². The van der Waals surface area contributed by atoms with E-state index in [4.69, 9.17) is 9.47 Å². The number of benzene rings is 2. The minimum Gasteiger partial charge on any atom is -0.493 e. The second-order valence-electron chi connectivity index (χ2n) is 5.39. The minimum atomic E-state index is 0.0445. The molecule has 0 saturated carbocycles. The van der Waals surface area contributed by atoms with Crippen molar-refractivity contribution in [2.24, 2.45) is 0 Å². The molecule has 0 aromatic heterocycles. The van der Waals surface area contributed by atoms with Crippen LogP contribution in [-0.2, 0) is 17.8 Å². The summed E-state index contributed by atoms with van der Waals surface area (Å²) in [6.07, 6.45) is 1.24. The van der Waals surface area contributed by atoms with Crippen LogP contribution in [0, 0.1) is 6.92 Å². The molecule has 0 aliphatic rings. The van der Waals surface area contributed by atoms with Crippen LogP contribution >= 0.6 is 0 Å². The number of amides is 1. The number of ether oxygens (including phenoxy) is 2. The molecule has 4 heteroatoms. The molecule has 0 unspecified atom stereocenters. The molecule has 2 aromatic carbocycles. The van der Waals surface area contributed by atoms with Crippen molar-refractivity contribution in [3.8, 4) is 11.5 Å². The lowest BCUT2D eigenvalue weighted by Gasteiger charge is -2.10. The lowest BCUT2D eigenvalue weighted by atomic mass is 10.0. The Labute approximate surface area is 137 Å². The second kappa shape index (κ2) is 8.22. The Hall–Kier alpha value is -2.49. The van der Waals surface area contributed by atoms with Gasteiger partial charge in [-0.2, -0.15) is 0 Å². The molecule has 0 saturated heterocycles. The van der Waals surface area contributed by atoms with Gasteiger partial charge in [0.25, 0.3) is 0 Å². The fraction of sp³-hybridized carbons (Fsp3) is 0.316. The number of hydrogen-bond acceptors (Lipinski definition) is 3. The maximum atomic E-state index is 12.0. The average Bonchev–Trinajstić information content (AvgIpc) is 2.58. The summed E-state index contributed by atoms with van der Waals surface area (Å²) in [7, 11) is 3.20. The van der Waals surface area contributed by atoms with Crippen LogP contribution in [-0.4, -0.2) is 20.1 Å². The van der Waals surface area contributed by atoms with E-state index in [1.54, 1.807) is 14.2 Å². The second-order valence-corrected chi connectivity index (χ2v) is 5.39. The molecule has 122 valence electrons. The first kappa shape index (κ1) is 16.9. The third-order valence-electron chi connectivity index (χ3n) is 3.82. The van der Waals surface area contributed by atoms with Crippen LogP contribution in [0.1, 0.15) is 23.1 Å². The number of nitrogens with one attached hydrogen (secondary N) is 1. The Kier molecular flexibility index (Phi) is 6.03.